The first kappa shape index (κ1) is 16.5. The summed E-state index contributed by atoms with van der Waals surface area (Å²) in [4.78, 5) is 29.4. The molecule has 7 heteroatoms. The third-order valence-corrected chi connectivity index (χ3v) is 4.01. The van der Waals surface area contributed by atoms with Gasteiger partial charge in [0.2, 0.25) is 11.8 Å². The number of likely N-dealkylation sites (tertiary alicyclic amines) is 1. The third kappa shape index (κ3) is 4.10. The molecule has 2 N–H and O–H groups in total. The van der Waals surface area contributed by atoms with Gasteiger partial charge in [-0.05, 0) is 31.7 Å². The van der Waals surface area contributed by atoms with Crippen LogP contribution in [0.25, 0.3) is 0 Å². The number of primary amides is 1. The number of hydrogen-bond acceptors (Lipinski definition) is 4. The number of carbonyl (C=O) groups excluding carboxylic acids is 2. The normalized spacial score (nSPS) is 15.6. The number of rotatable bonds is 5. The molecule has 0 spiro atoms. The third-order valence-electron chi connectivity index (χ3n) is 3.71. The molecular weight excluding hydrogens is 306 g/mol. The Labute approximate surface area is 134 Å². The molecule has 0 unspecified atom stereocenters. The van der Waals surface area contributed by atoms with Gasteiger partial charge in [-0.1, -0.05) is 11.6 Å². The number of carbonyl (C=O) groups is 2. The molecule has 1 saturated heterocycles. The molecule has 2 amide bonds. The Balaban J connectivity index is 2.03. The second-order valence-corrected chi connectivity index (χ2v) is 5.73. The maximum Gasteiger partial charge on any atom is 0.274 e. The van der Waals surface area contributed by atoms with E-state index in [1.807, 2.05) is 6.92 Å². The number of aromatic nitrogens is 1. The fraction of sp³-hybridized carbons (Fsp3) is 0.533. The van der Waals surface area contributed by atoms with Crippen molar-refractivity contribution in [3.05, 3.63) is 22.8 Å². The van der Waals surface area contributed by atoms with Crippen LogP contribution in [0.15, 0.2) is 12.1 Å². The molecule has 0 atom stereocenters. The molecule has 22 heavy (non-hydrogen) atoms. The summed E-state index contributed by atoms with van der Waals surface area (Å²) >= 11 is 6.08. The van der Waals surface area contributed by atoms with Crippen molar-refractivity contribution in [1.82, 2.24) is 9.88 Å². The fourth-order valence-corrected chi connectivity index (χ4v) is 2.76. The number of halogens is 1. The lowest BCUT2D eigenvalue weighted by molar-refractivity contribution is -0.119. The quantitative estimate of drug-likeness (QED) is 0.895. The second-order valence-electron chi connectivity index (χ2n) is 5.32. The van der Waals surface area contributed by atoms with Crippen molar-refractivity contribution < 1.29 is 14.3 Å². The monoisotopic (exact) mass is 325 g/mol. The van der Waals surface area contributed by atoms with E-state index < -0.39 is 0 Å². The highest BCUT2D eigenvalue weighted by Gasteiger charge is 2.26. The van der Waals surface area contributed by atoms with Crippen LogP contribution in [0.4, 0.5) is 0 Å². The molecule has 1 fully saturated rings. The van der Waals surface area contributed by atoms with E-state index in [2.05, 4.69) is 4.98 Å². The van der Waals surface area contributed by atoms with Crippen molar-refractivity contribution >= 4 is 23.4 Å². The van der Waals surface area contributed by atoms with E-state index in [1.54, 1.807) is 17.0 Å². The topological polar surface area (TPSA) is 85.5 Å². The van der Waals surface area contributed by atoms with Gasteiger partial charge < -0.3 is 15.4 Å². The van der Waals surface area contributed by atoms with Gasteiger partial charge in [-0.25, -0.2) is 4.98 Å². The van der Waals surface area contributed by atoms with Gasteiger partial charge in [-0.15, -0.1) is 0 Å². The van der Waals surface area contributed by atoms with Crippen LogP contribution in [0, 0.1) is 5.92 Å². The summed E-state index contributed by atoms with van der Waals surface area (Å²) in [5, 5.41) is 0.313. The molecule has 0 radical (unpaired) electrons. The molecule has 2 heterocycles. The van der Waals surface area contributed by atoms with Crippen LogP contribution in [0.3, 0.4) is 0 Å². The average Bonchev–Trinajstić information content (AvgIpc) is 2.49. The number of nitrogens with zero attached hydrogens (tertiary/aromatic N) is 2. The Bertz CT molecular complexity index is 557. The average molecular weight is 326 g/mol. The summed E-state index contributed by atoms with van der Waals surface area (Å²) in [7, 11) is 0. The van der Waals surface area contributed by atoms with Gasteiger partial charge >= 0.3 is 0 Å². The summed E-state index contributed by atoms with van der Waals surface area (Å²) < 4.78 is 5.31. The van der Waals surface area contributed by atoms with Crippen molar-refractivity contribution in [2.75, 3.05) is 19.7 Å². The molecule has 2 rings (SSSR count). The molecule has 0 aliphatic carbocycles. The molecule has 0 aromatic carbocycles. The minimum absolute atomic E-state index is 0.205. The number of piperidine rings is 1. The largest absolute Gasteiger partial charge is 0.478 e. The summed E-state index contributed by atoms with van der Waals surface area (Å²) in [6, 6.07) is 3.26. The Hall–Kier alpha value is -1.82. The molecule has 1 aliphatic rings. The molecule has 1 aliphatic heterocycles. The summed E-state index contributed by atoms with van der Waals surface area (Å²) in [5.74, 6) is 0.140. The van der Waals surface area contributed by atoms with E-state index in [0.29, 0.717) is 37.0 Å². The molecule has 120 valence electrons. The van der Waals surface area contributed by atoms with E-state index in [4.69, 9.17) is 22.1 Å². The van der Waals surface area contributed by atoms with Crippen molar-refractivity contribution in [2.24, 2.45) is 11.7 Å². The first-order chi connectivity index (χ1) is 10.5. The number of ether oxygens (including phenoxy) is 1. The van der Waals surface area contributed by atoms with Crippen LogP contribution >= 0.6 is 11.6 Å². The molecule has 0 bridgehead atoms. The first-order valence-electron chi connectivity index (χ1n) is 7.38. The number of nitrogens with two attached hydrogens (primary N) is 1. The van der Waals surface area contributed by atoms with Gasteiger partial charge in [0.1, 0.15) is 0 Å². The minimum Gasteiger partial charge on any atom is -0.478 e. The summed E-state index contributed by atoms with van der Waals surface area (Å²) in [6.07, 6.45) is 1.90. The maximum absolute atomic E-state index is 12.5. The standard InChI is InChI=1S/C15H20ClN3O3/c1-2-22-13-4-3-11(16)14(18-13)15(21)19-7-5-10(6-8-19)9-12(17)20/h3-4,10H,2,5-9H2,1H3,(H2,17,20). The van der Waals surface area contributed by atoms with Gasteiger partial charge in [-0.2, -0.15) is 0 Å². The highest BCUT2D eigenvalue weighted by atomic mass is 35.5. The van der Waals surface area contributed by atoms with E-state index in [1.165, 1.54) is 0 Å². The van der Waals surface area contributed by atoms with Crippen LogP contribution < -0.4 is 10.5 Å². The predicted octanol–water partition coefficient (Wildman–Crippen LogP) is 1.86. The Morgan fingerprint density at radius 2 is 2.09 bits per heavy atom. The zero-order chi connectivity index (χ0) is 16.1. The molecular formula is C15H20ClN3O3. The number of pyridine rings is 1. The van der Waals surface area contributed by atoms with Crippen LogP contribution in [0.5, 0.6) is 5.88 Å². The van der Waals surface area contributed by atoms with Crippen molar-refractivity contribution in [3.8, 4) is 5.88 Å². The van der Waals surface area contributed by atoms with Gasteiger partial charge in [0.05, 0.1) is 11.6 Å². The number of amides is 2. The van der Waals surface area contributed by atoms with Crippen LogP contribution in [-0.4, -0.2) is 41.4 Å². The molecule has 1 aromatic rings. The summed E-state index contributed by atoms with van der Waals surface area (Å²) in [5.41, 5.74) is 5.42. The Morgan fingerprint density at radius 3 is 2.68 bits per heavy atom. The van der Waals surface area contributed by atoms with Gasteiger partial charge in [0.15, 0.2) is 5.69 Å². The second kappa shape index (κ2) is 7.45. The fourth-order valence-electron chi connectivity index (χ4n) is 2.58. The van der Waals surface area contributed by atoms with Gasteiger partial charge in [0, 0.05) is 25.6 Å². The van der Waals surface area contributed by atoms with Crippen LogP contribution in [0.1, 0.15) is 36.7 Å². The Morgan fingerprint density at radius 1 is 1.41 bits per heavy atom. The van der Waals surface area contributed by atoms with Crippen LogP contribution in [0.2, 0.25) is 5.02 Å². The molecule has 1 aromatic heterocycles. The smallest absolute Gasteiger partial charge is 0.274 e. The highest BCUT2D eigenvalue weighted by Crippen LogP contribution is 2.24. The van der Waals surface area contributed by atoms with Crippen LogP contribution in [-0.2, 0) is 4.79 Å². The van der Waals surface area contributed by atoms with Crippen molar-refractivity contribution in [1.29, 1.82) is 0 Å². The zero-order valence-electron chi connectivity index (χ0n) is 12.5. The Kier molecular flexibility index (Phi) is 5.60. The van der Waals surface area contributed by atoms with E-state index in [0.717, 1.165) is 12.8 Å². The zero-order valence-corrected chi connectivity index (χ0v) is 13.3. The minimum atomic E-state index is -0.293. The van der Waals surface area contributed by atoms with E-state index in [-0.39, 0.29) is 23.4 Å². The van der Waals surface area contributed by atoms with Crippen molar-refractivity contribution in [2.45, 2.75) is 26.2 Å². The van der Waals surface area contributed by atoms with Gasteiger partial charge in [0.25, 0.3) is 5.91 Å². The predicted molar refractivity (Wildman–Crippen MR) is 82.9 cm³/mol. The van der Waals surface area contributed by atoms with E-state index >= 15 is 0 Å². The summed E-state index contributed by atoms with van der Waals surface area (Å²) in [6.45, 7) is 3.48. The number of hydrogen-bond donors (Lipinski definition) is 1. The van der Waals surface area contributed by atoms with Gasteiger partial charge in [-0.3, -0.25) is 9.59 Å². The first-order valence-corrected chi connectivity index (χ1v) is 7.76. The lowest BCUT2D eigenvalue weighted by atomic mass is 9.93. The maximum atomic E-state index is 12.5. The van der Waals surface area contributed by atoms with Crippen molar-refractivity contribution in [3.63, 3.8) is 0 Å². The lowest BCUT2D eigenvalue weighted by Crippen LogP contribution is -2.39. The highest BCUT2D eigenvalue weighted by molar-refractivity contribution is 6.33. The lowest BCUT2D eigenvalue weighted by Gasteiger charge is -2.31. The SMILES string of the molecule is CCOc1ccc(Cl)c(C(=O)N2CCC(CC(N)=O)CC2)n1. The molecule has 0 saturated carbocycles. The van der Waals surface area contributed by atoms with E-state index in [9.17, 15) is 9.59 Å². The molecule has 6 nitrogen and oxygen atoms in total.